The molecule has 2 N–H and O–H groups in total. The summed E-state index contributed by atoms with van der Waals surface area (Å²) in [5, 5.41) is 13.3. The Hall–Kier alpha value is -4.71. The smallest absolute Gasteiger partial charge is 0.341 e. The zero-order valence-electron chi connectivity index (χ0n) is 21.5. The van der Waals surface area contributed by atoms with Crippen molar-refractivity contribution in [2.75, 3.05) is 0 Å². The monoisotopic (exact) mass is 578 g/mol. The SMILES string of the molecule is Cc1c(C2=NOC(=O)C2)ccc2c1CC[C@@H]2NC(=O)c1cc(C(=O)NCc2ccc(F)c(Cl)c2)nc2c(F)cnn12. The van der Waals surface area contributed by atoms with E-state index in [-0.39, 0.29) is 41.1 Å². The van der Waals surface area contributed by atoms with Crippen LogP contribution in [-0.2, 0) is 22.6 Å². The number of nitrogens with zero attached hydrogens (tertiary/aromatic N) is 4. The van der Waals surface area contributed by atoms with Crippen molar-refractivity contribution in [2.24, 2.45) is 5.16 Å². The molecule has 0 radical (unpaired) electrons. The molecular formula is C28H21ClF2N6O4. The summed E-state index contributed by atoms with van der Waals surface area (Å²) in [7, 11) is 0. The van der Waals surface area contributed by atoms with E-state index < -0.39 is 29.4 Å². The molecule has 0 fully saturated rings. The summed E-state index contributed by atoms with van der Waals surface area (Å²) in [6, 6.07) is 8.65. The lowest BCUT2D eigenvalue weighted by molar-refractivity contribution is -0.140. The largest absolute Gasteiger partial charge is 0.347 e. The average molecular weight is 579 g/mol. The fourth-order valence-corrected chi connectivity index (χ4v) is 5.37. The molecule has 10 nitrogen and oxygen atoms in total. The van der Waals surface area contributed by atoms with E-state index in [0.29, 0.717) is 24.1 Å². The minimum atomic E-state index is -0.800. The van der Waals surface area contributed by atoms with Crippen LogP contribution in [0.1, 0.15) is 67.7 Å². The van der Waals surface area contributed by atoms with E-state index in [0.717, 1.165) is 33.0 Å². The molecule has 6 rings (SSSR count). The molecule has 1 aliphatic carbocycles. The molecule has 3 heterocycles. The Labute approximate surface area is 236 Å². The number of hydrogen-bond acceptors (Lipinski definition) is 7. The lowest BCUT2D eigenvalue weighted by atomic mass is 9.94. The zero-order valence-corrected chi connectivity index (χ0v) is 22.3. The second kappa shape index (κ2) is 10.4. The van der Waals surface area contributed by atoms with Gasteiger partial charge in [0.05, 0.1) is 29.4 Å². The summed E-state index contributed by atoms with van der Waals surface area (Å²) in [6.45, 7) is 1.94. The standard InChI is InChI=1S/C28H21ClF2N6O4/c1-13-15-5-7-21(17(15)4-3-16(13)22-10-25(38)41-36-22)35-28(40)24-9-23(34-26-20(31)12-33-37(24)26)27(39)32-11-14-2-6-19(30)18(29)8-14/h2-4,6,8-9,12,21H,5,7,10-11H2,1H3,(H,32,39)(H,35,40)/t21-/m0/s1. The number of aromatic nitrogens is 3. The van der Waals surface area contributed by atoms with Crippen molar-refractivity contribution in [1.29, 1.82) is 0 Å². The summed E-state index contributed by atoms with van der Waals surface area (Å²) >= 11 is 5.81. The van der Waals surface area contributed by atoms with E-state index in [2.05, 4.69) is 25.9 Å². The van der Waals surface area contributed by atoms with Gasteiger partial charge in [0, 0.05) is 18.2 Å². The van der Waals surface area contributed by atoms with Gasteiger partial charge in [0.25, 0.3) is 11.8 Å². The molecule has 0 saturated heterocycles. The molecule has 0 saturated carbocycles. The Balaban J connectivity index is 1.24. The number of amides is 2. The second-order valence-corrected chi connectivity index (χ2v) is 10.1. The van der Waals surface area contributed by atoms with Crippen molar-refractivity contribution in [3.63, 3.8) is 0 Å². The van der Waals surface area contributed by atoms with Gasteiger partial charge in [-0.25, -0.2) is 23.1 Å². The van der Waals surface area contributed by atoms with Crippen molar-refractivity contribution >= 4 is 40.7 Å². The maximum Gasteiger partial charge on any atom is 0.341 e. The molecule has 2 aliphatic rings. The maximum absolute atomic E-state index is 14.5. The van der Waals surface area contributed by atoms with E-state index in [9.17, 15) is 23.2 Å². The summed E-state index contributed by atoms with van der Waals surface area (Å²) in [4.78, 5) is 46.7. The molecule has 0 spiro atoms. The van der Waals surface area contributed by atoms with Gasteiger partial charge in [0.1, 0.15) is 17.2 Å². The van der Waals surface area contributed by atoms with Gasteiger partial charge in [0.2, 0.25) is 0 Å². The van der Waals surface area contributed by atoms with Gasteiger partial charge in [-0.2, -0.15) is 5.10 Å². The van der Waals surface area contributed by atoms with Crippen LogP contribution in [0.4, 0.5) is 8.78 Å². The molecule has 2 aromatic carbocycles. The normalized spacial score (nSPS) is 16.0. The Morgan fingerprint density at radius 1 is 1.15 bits per heavy atom. The van der Waals surface area contributed by atoms with Crippen molar-refractivity contribution in [2.45, 2.75) is 38.8 Å². The van der Waals surface area contributed by atoms with E-state index in [1.165, 1.54) is 24.3 Å². The highest BCUT2D eigenvalue weighted by molar-refractivity contribution is 6.30. The summed E-state index contributed by atoms with van der Waals surface area (Å²) in [5.74, 6) is -3.04. The van der Waals surface area contributed by atoms with Gasteiger partial charge in [-0.1, -0.05) is 35.0 Å². The van der Waals surface area contributed by atoms with Gasteiger partial charge in [0.15, 0.2) is 11.5 Å². The minimum absolute atomic E-state index is 0.00186. The molecule has 1 aliphatic heterocycles. The van der Waals surface area contributed by atoms with Crippen LogP contribution in [0.3, 0.4) is 0 Å². The maximum atomic E-state index is 14.5. The Morgan fingerprint density at radius 2 is 1.98 bits per heavy atom. The number of benzene rings is 2. The van der Waals surface area contributed by atoms with Crippen molar-refractivity contribution in [3.05, 3.63) is 98.5 Å². The van der Waals surface area contributed by atoms with Crippen LogP contribution in [-0.4, -0.2) is 38.1 Å². The molecule has 0 bridgehead atoms. The van der Waals surface area contributed by atoms with Crippen LogP contribution in [0.2, 0.25) is 5.02 Å². The van der Waals surface area contributed by atoms with Gasteiger partial charge in [-0.05, 0) is 54.2 Å². The third-order valence-corrected chi connectivity index (χ3v) is 7.50. The number of oxime groups is 1. The molecule has 4 aromatic rings. The molecule has 2 aromatic heterocycles. The third-order valence-electron chi connectivity index (χ3n) is 7.21. The first kappa shape index (κ1) is 26.5. The van der Waals surface area contributed by atoms with Crippen molar-refractivity contribution < 1.29 is 28.0 Å². The Kier molecular flexibility index (Phi) is 6.70. The number of hydrogen-bond donors (Lipinski definition) is 2. The Morgan fingerprint density at radius 3 is 2.73 bits per heavy atom. The van der Waals surface area contributed by atoms with E-state index in [4.69, 9.17) is 16.4 Å². The average Bonchev–Trinajstić information content (AvgIpc) is 3.68. The molecule has 2 amide bonds. The highest BCUT2D eigenvalue weighted by atomic mass is 35.5. The van der Waals surface area contributed by atoms with E-state index in [1.807, 2.05) is 19.1 Å². The summed E-state index contributed by atoms with van der Waals surface area (Å²) < 4.78 is 29.0. The molecule has 208 valence electrons. The van der Waals surface area contributed by atoms with Gasteiger partial charge < -0.3 is 15.5 Å². The lowest BCUT2D eigenvalue weighted by Crippen LogP contribution is -2.30. The second-order valence-electron chi connectivity index (χ2n) is 9.73. The first-order chi connectivity index (χ1) is 19.7. The molecule has 1 atom stereocenters. The number of fused-ring (bicyclic) bond motifs is 2. The fourth-order valence-electron chi connectivity index (χ4n) is 5.16. The summed E-state index contributed by atoms with van der Waals surface area (Å²) in [5.41, 5.74) is 4.28. The van der Waals surface area contributed by atoms with Gasteiger partial charge >= 0.3 is 5.97 Å². The quantitative estimate of drug-likeness (QED) is 0.333. The first-order valence-electron chi connectivity index (χ1n) is 12.7. The van der Waals surface area contributed by atoms with Crippen LogP contribution >= 0.6 is 11.6 Å². The van der Waals surface area contributed by atoms with Crippen LogP contribution in [0.5, 0.6) is 0 Å². The molecular weight excluding hydrogens is 558 g/mol. The molecule has 41 heavy (non-hydrogen) atoms. The first-order valence-corrected chi connectivity index (χ1v) is 13.0. The number of rotatable bonds is 6. The van der Waals surface area contributed by atoms with Gasteiger partial charge in [-0.3, -0.25) is 9.59 Å². The number of carbonyl (C=O) groups is 3. The van der Waals surface area contributed by atoms with Gasteiger partial charge in [-0.15, -0.1) is 0 Å². The van der Waals surface area contributed by atoms with Crippen molar-refractivity contribution in [3.8, 4) is 0 Å². The van der Waals surface area contributed by atoms with E-state index in [1.54, 1.807) is 0 Å². The zero-order chi connectivity index (χ0) is 28.8. The minimum Gasteiger partial charge on any atom is -0.347 e. The number of halogens is 3. The number of carbonyl (C=O) groups excluding carboxylic acids is 3. The highest BCUT2D eigenvalue weighted by Gasteiger charge is 2.30. The lowest BCUT2D eigenvalue weighted by Gasteiger charge is -2.16. The third kappa shape index (κ3) is 4.91. The predicted octanol–water partition coefficient (Wildman–Crippen LogP) is 3.97. The van der Waals surface area contributed by atoms with Crippen LogP contribution < -0.4 is 10.6 Å². The molecule has 13 heteroatoms. The predicted molar refractivity (Wildman–Crippen MR) is 142 cm³/mol. The topological polar surface area (TPSA) is 127 Å². The van der Waals surface area contributed by atoms with Crippen molar-refractivity contribution in [1.82, 2.24) is 25.2 Å². The molecule has 0 unspecified atom stereocenters. The number of nitrogens with one attached hydrogen (secondary N) is 2. The van der Waals surface area contributed by atoms with Crippen LogP contribution in [0.15, 0.2) is 47.8 Å². The summed E-state index contributed by atoms with van der Waals surface area (Å²) in [6.07, 6.45) is 2.32. The fraction of sp³-hybridized carbons (Fsp3) is 0.214. The highest BCUT2D eigenvalue weighted by Crippen LogP contribution is 2.35. The van der Waals surface area contributed by atoms with Crippen LogP contribution in [0.25, 0.3) is 5.65 Å². The Bertz CT molecular complexity index is 1800. The van der Waals surface area contributed by atoms with Crippen LogP contribution in [0, 0.1) is 18.6 Å². The van der Waals surface area contributed by atoms with E-state index >= 15 is 0 Å².